The average molecular weight is 219 g/mol. The Morgan fingerprint density at radius 1 is 1.47 bits per heavy atom. The predicted octanol–water partition coefficient (Wildman–Crippen LogP) is 2.92. The maximum Gasteiger partial charge on any atom is 0.266 e. The monoisotopic (exact) mass is 219 g/mol. The Morgan fingerprint density at radius 2 is 2.33 bits per heavy atom. The van der Waals surface area contributed by atoms with E-state index in [0.717, 1.165) is 29.2 Å². The molecule has 15 heavy (non-hydrogen) atoms. The lowest BCUT2D eigenvalue weighted by molar-refractivity contribution is 0.415. The molecule has 76 valence electrons. The summed E-state index contributed by atoms with van der Waals surface area (Å²) in [6.07, 6.45) is 0.807. The molecule has 1 aliphatic rings. The first-order valence-electron chi connectivity index (χ1n) is 4.67. The van der Waals surface area contributed by atoms with Crippen molar-refractivity contribution in [2.24, 2.45) is 0 Å². The topological polar surface area (TPSA) is 38.2 Å². The van der Waals surface area contributed by atoms with E-state index in [0.29, 0.717) is 4.84 Å². The highest BCUT2D eigenvalue weighted by Gasteiger charge is 2.22. The summed E-state index contributed by atoms with van der Waals surface area (Å²) >= 11 is 4.96. The van der Waals surface area contributed by atoms with E-state index in [1.165, 1.54) is 5.56 Å². The van der Waals surface area contributed by atoms with Crippen LogP contribution in [0.1, 0.15) is 11.3 Å². The molecule has 0 atom stereocenters. The molecule has 0 fully saturated rings. The number of rotatable bonds is 1. The zero-order valence-corrected chi connectivity index (χ0v) is 8.98. The minimum absolute atomic E-state index is 0.438. The maximum atomic E-state index is 5.40. The highest BCUT2D eigenvalue weighted by molar-refractivity contribution is 7.71. The van der Waals surface area contributed by atoms with Crippen molar-refractivity contribution in [3.63, 3.8) is 0 Å². The molecule has 0 aliphatic heterocycles. The molecular weight excluding hydrogens is 210 g/mol. The smallest absolute Gasteiger partial charge is 0.266 e. The molecule has 2 aromatic rings. The molecule has 1 N–H and O–H groups in total. The molecule has 0 radical (unpaired) electrons. The zero-order chi connectivity index (χ0) is 10.4. The van der Waals surface area contributed by atoms with Gasteiger partial charge in [0.05, 0.1) is 12.8 Å². The van der Waals surface area contributed by atoms with Crippen LogP contribution in [0.4, 0.5) is 0 Å². The van der Waals surface area contributed by atoms with Crippen LogP contribution < -0.4 is 4.74 Å². The van der Waals surface area contributed by atoms with Gasteiger partial charge in [0.2, 0.25) is 0 Å². The zero-order valence-electron chi connectivity index (χ0n) is 8.16. The molecular formula is C11H9NO2S. The Morgan fingerprint density at radius 3 is 3.13 bits per heavy atom. The molecule has 1 aromatic carbocycles. The minimum Gasteiger partial charge on any atom is -0.497 e. The molecule has 0 spiro atoms. The number of oxazole rings is 1. The van der Waals surface area contributed by atoms with Gasteiger partial charge in [-0.1, -0.05) is 6.07 Å². The second-order valence-corrected chi connectivity index (χ2v) is 3.88. The van der Waals surface area contributed by atoms with Crippen LogP contribution in [0.15, 0.2) is 22.6 Å². The van der Waals surface area contributed by atoms with Gasteiger partial charge in [-0.3, -0.25) is 0 Å². The van der Waals surface area contributed by atoms with Gasteiger partial charge in [0.15, 0.2) is 0 Å². The fourth-order valence-electron chi connectivity index (χ4n) is 1.94. The summed E-state index contributed by atoms with van der Waals surface area (Å²) in [4.78, 5) is 3.49. The Balaban J connectivity index is 2.24. The van der Waals surface area contributed by atoms with E-state index in [1.54, 1.807) is 7.11 Å². The van der Waals surface area contributed by atoms with E-state index >= 15 is 0 Å². The highest BCUT2D eigenvalue weighted by atomic mass is 32.1. The second-order valence-electron chi connectivity index (χ2n) is 3.51. The van der Waals surface area contributed by atoms with Crippen molar-refractivity contribution >= 4 is 12.2 Å². The first-order chi connectivity index (χ1) is 7.28. The van der Waals surface area contributed by atoms with Crippen LogP contribution in [0.25, 0.3) is 11.3 Å². The number of H-pyrrole nitrogens is 1. The van der Waals surface area contributed by atoms with E-state index in [4.69, 9.17) is 21.4 Å². The maximum absolute atomic E-state index is 5.40. The lowest BCUT2D eigenvalue weighted by Crippen LogP contribution is -1.85. The number of ether oxygens (including phenoxy) is 1. The van der Waals surface area contributed by atoms with Gasteiger partial charge in [-0.25, -0.2) is 0 Å². The average Bonchev–Trinajstić information content (AvgIpc) is 2.73. The van der Waals surface area contributed by atoms with Crippen molar-refractivity contribution in [2.75, 3.05) is 7.11 Å². The molecule has 0 unspecified atom stereocenters. The second kappa shape index (κ2) is 2.97. The number of aromatic amines is 1. The number of aromatic nitrogens is 1. The number of fused-ring (bicyclic) bond motifs is 3. The first-order valence-corrected chi connectivity index (χ1v) is 5.08. The predicted molar refractivity (Wildman–Crippen MR) is 58.7 cm³/mol. The molecule has 0 saturated heterocycles. The SMILES string of the molecule is COc1ccc2c(c1)-c1[nH]c(=S)oc1C2. The van der Waals surface area contributed by atoms with Gasteiger partial charge in [-0.05, 0) is 29.9 Å². The van der Waals surface area contributed by atoms with Crippen molar-refractivity contribution in [1.82, 2.24) is 4.98 Å². The van der Waals surface area contributed by atoms with Crippen LogP contribution in [0.3, 0.4) is 0 Å². The Labute approximate surface area is 91.7 Å². The largest absolute Gasteiger partial charge is 0.497 e. The van der Waals surface area contributed by atoms with Crippen molar-refractivity contribution in [1.29, 1.82) is 0 Å². The molecule has 1 aromatic heterocycles. The van der Waals surface area contributed by atoms with Crippen LogP contribution in [0.5, 0.6) is 5.75 Å². The van der Waals surface area contributed by atoms with E-state index in [1.807, 2.05) is 12.1 Å². The molecule has 0 amide bonds. The van der Waals surface area contributed by atoms with E-state index in [-0.39, 0.29) is 0 Å². The summed E-state index contributed by atoms with van der Waals surface area (Å²) < 4.78 is 10.6. The Bertz CT molecular complexity index is 583. The lowest BCUT2D eigenvalue weighted by atomic mass is 10.1. The fraction of sp³-hybridized carbons (Fsp3) is 0.182. The van der Waals surface area contributed by atoms with Crippen LogP contribution in [-0.2, 0) is 6.42 Å². The van der Waals surface area contributed by atoms with Gasteiger partial charge in [0.1, 0.15) is 11.5 Å². The summed E-state index contributed by atoms with van der Waals surface area (Å²) in [6, 6.07) is 6.02. The number of methoxy groups -OCH3 is 1. The van der Waals surface area contributed by atoms with Gasteiger partial charge in [-0.2, -0.15) is 0 Å². The first kappa shape index (κ1) is 8.73. The molecule has 3 nitrogen and oxygen atoms in total. The number of hydrogen-bond acceptors (Lipinski definition) is 3. The summed E-state index contributed by atoms with van der Waals surface area (Å²) in [6.45, 7) is 0. The molecule has 0 bridgehead atoms. The van der Waals surface area contributed by atoms with E-state index in [2.05, 4.69) is 11.1 Å². The Kier molecular flexibility index (Phi) is 1.73. The van der Waals surface area contributed by atoms with Gasteiger partial charge < -0.3 is 14.1 Å². The Hall–Kier alpha value is -1.55. The van der Waals surface area contributed by atoms with Gasteiger partial charge in [0, 0.05) is 12.0 Å². The summed E-state index contributed by atoms with van der Waals surface area (Å²) in [5.74, 6) is 1.77. The fourth-order valence-corrected chi connectivity index (χ4v) is 2.15. The van der Waals surface area contributed by atoms with Crippen LogP contribution in [-0.4, -0.2) is 12.1 Å². The van der Waals surface area contributed by atoms with Crippen molar-refractivity contribution in [3.8, 4) is 17.0 Å². The van der Waals surface area contributed by atoms with E-state index < -0.39 is 0 Å². The van der Waals surface area contributed by atoms with Crippen molar-refractivity contribution in [3.05, 3.63) is 34.4 Å². The summed E-state index contributed by atoms with van der Waals surface area (Å²) in [7, 11) is 1.66. The third-order valence-electron chi connectivity index (χ3n) is 2.66. The minimum atomic E-state index is 0.438. The number of nitrogens with one attached hydrogen (secondary N) is 1. The summed E-state index contributed by atoms with van der Waals surface area (Å²) in [5.41, 5.74) is 3.37. The summed E-state index contributed by atoms with van der Waals surface area (Å²) in [5, 5.41) is 0. The standard InChI is InChI=1S/C11H9NO2S/c1-13-7-3-2-6-4-9-10(8(6)5-7)12-11(15)14-9/h2-3,5H,4H2,1H3,(H,12,15). The van der Waals surface area contributed by atoms with Gasteiger partial charge in [0.25, 0.3) is 4.84 Å². The van der Waals surface area contributed by atoms with Crippen LogP contribution in [0, 0.1) is 4.84 Å². The van der Waals surface area contributed by atoms with Crippen molar-refractivity contribution < 1.29 is 9.15 Å². The third-order valence-corrected chi connectivity index (χ3v) is 2.84. The van der Waals surface area contributed by atoms with Gasteiger partial charge in [-0.15, -0.1) is 0 Å². The van der Waals surface area contributed by atoms with Crippen molar-refractivity contribution in [2.45, 2.75) is 6.42 Å². The molecule has 4 heteroatoms. The number of hydrogen-bond donors (Lipinski definition) is 1. The third kappa shape index (κ3) is 1.22. The number of benzene rings is 1. The normalized spacial score (nSPS) is 12.3. The van der Waals surface area contributed by atoms with Gasteiger partial charge >= 0.3 is 0 Å². The highest BCUT2D eigenvalue weighted by Crippen LogP contribution is 2.37. The molecule has 1 aliphatic carbocycles. The van der Waals surface area contributed by atoms with E-state index in [9.17, 15) is 0 Å². The van der Waals surface area contributed by atoms with Crippen LogP contribution in [0.2, 0.25) is 0 Å². The molecule has 1 heterocycles. The lowest BCUT2D eigenvalue weighted by Gasteiger charge is -2.02. The quantitative estimate of drug-likeness (QED) is 0.639. The van der Waals surface area contributed by atoms with Crippen LogP contribution >= 0.6 is 12.2 Å². The molecule has 0 saturated carbocycles. The molecule has 3 rings (SSSR count).